The van der Waals surface area contributed by atoms with E-state index in [2.05, 4.69) is 33.0 Å². The molecule has 0 aromatic heterocycles. The van der Waals surface area contributed by atoms with Crippen molar-refractivity contribution in [3.05, 3.63) is 52.0 Å². The Balaban J connectivity index is 2.02. The first-order valence-electron chi connectivity index (χ1n) is 7.45. The van der Waals surface area contributed by atoms with Crippen LogP contribution in [0.15, 0.2) is 40.9 Å². The number of nitriles is 2. The highest BCUT2D eigenvalue weighted by Crippen LogP contribution is 2.35. The van der Waals surface area contributed by atoms with Crippen LogP contribution in [0.1, 0.15) is 11.1 Å². The molecular formula is C18H14BrN3O2. The average molecular weight is 384 g/mol. The van der Waals surface area contributed by atoms with Crippen LogP contribution in [0.25, 0.3) is 0 Å². The summed E-state index contributed by atoms with van der Waals surface area (Å²) in [5, 5.41) is 18.6. The van der Waals surface area contributed by atoms with Gasteiger partial charge in [-0.15, -0.1) is 0 Å². The molecule has 0 unspecified atom stereocenters. The van der Waals surface area contributed by atoms with Crippen molar-refractivity contribution in [2.45, 2.75) is 0 Å². The molecule has 2 aromatic rings. The molecule has 0 amide bonds. The minimum atomic E-state index is 0.307. The third kappa shape index (κ3) is 3.51. The van der Waals surface area contributed by atoms with Gasteiger partial charge in [0.1, 0.15) is 17.9 Å². The fraction of sp³-hybridized carbons (Fsp3) is 0.222. The molecule has 0 aliphatic carbocycles. The minimum Gasteiger partial charge on any atom is -0.455 e. The van der Waals surface area contributed by atoms with Crippen molar-refractivity contribution in [2.75, 3.05) is 31.2 Å². The van der Waals surface area contributed by atoms with Gasteiger partial charge in [0.25, 0.3) is 0 Å². The first kappa shape index (κ1) is 16.3. The predicted octanol–water partition coefficient (Wildman–Crippen LogP) is 3.82. The molecule has 2 aromatic carbocycles. The Hall–Kier alpha value is -2.54. The van der Waals surface area contributed by atoms with Crippen LogP contribution in [0.5, 0.6) is 11.5 Å². The first-order chi connectivity index (χ1) is 11.7. The second-order valence-electron chi connectivity index (χ2n) is 5.24. The quantitative estimate of drug-likeness (QED) is 0.805. The van der Waals surface area contributed by atoms with Crippen LogP contribution in [0.4, 0.5) is 5.69 Å². The molecule has 5 nitrogen and oxygen atoms in total. The van der Waals surface area contributed by atoms with Crippen LogP contribution in [0, 0.1) is 22.7 Å². The average Bonchev–Trinajstić information content (AvgIpc) is 2.64. The van der Waals surface area contributed by atoms with E-state index in [1.807, 2.05) is 24.3 Å². The summed E-state index contributed by atoms with van der Waals surface area (Å²) in [6.07, 6.45) is 0. The first-order valence-corrected chi connectivity index (χ1v) is 8.25. The summed E-state index contributed by atoms with van der Waals surface area (Å²) in [6.45, 7) is 2.68. The van der Waals surface area contributed by atoms with Gasteiger partial charge >= 0.3 is 0 Å². The zero-order chi connectivity index (χ0) is 16.9. The highest BCUT2D eigenvalue weighted by molar-refractivity contribution is 9.10. The van der Waals surface area contributed by atoms with Crippen LogP contribution in [-0.2, 0) is 4.74 Å². The number of hydrogen-bond acceptors (Lipinski definition) is 5. The number of anilines is 1. The molecule has 6 heteroatoms. The summed E-state index contributed by atoms with van der Waals surface area (Å²) in [6, 6.07) is 15.0. The highest BCUT2D eigenvalue weighted by Gasteiger charge is 2.19. The fourth-order valence-corrected chi connectivity index (χ4v) is 2.78. The summed E-state index contributed by atoms with van der Waals surface area (Å²) in [5.41, 5.74) is 1.46. The van der Waals surface area contributed by atoms with Crippen molar-refractivity contribution in [3.8, 4) is 23.6 Å². The highest BCUT2D eigenvalue weighted by atomic mass is 79.9. The number of hydrogen-bond donors (Lipinski definition) is 0. The Morgan fingerprint density at radius 1 is 1.00 bits per heavy atom. The van der Waals surface area contributed by atoms with Gasteiger partial charge in [0, 0.05) is 23.6 Å². The van der Waals surface area contributed by atoms with E-state index in [1.165, 1.54) is 0 Å². The lowest BCUT2D eigenvalue weighted by molar-refractivity contribution is 0.122. The number of ether oxygens (including phenoxy) is 2. The second kappa shape index (κ2) is 7.35. The molecule has 3 rings (SSSR count). The number of halogens is 1. The van der Waals surface area contributed by atoms with Gasteiger partial charge in [0.15, 0.2) is 5.75 Å². The van der Waals surface area contributed by atoms with E-state index in [1.54, 1.807) is 12.1 Å². The van der Waals surface area contributed by atoms with Gasteiger partial charge in [-0.2, -0.15) is 10.5 Å². The molecule has 24 heavy (non-hydrogen) atoms. The number of morpholine rings is 1. The summed E-state index contributed by atoms with van der Waals surface area (Å²) in [5.74, 6) is 1.23. The topological polar surface area (TPSA) is 69.3 Å². The molecule has 1 heterocycles. The van der Waals surface area contributed by atoms with Crippen molar-refractivity contribution in [3.63, 3.8) is 0 Å². The molecule has 1 fully saturated rings. The zero-order valence-electron chi connectivity index (χ0n) is 12.8. The Morgan fingerprint density at radius 3 is 2.25 bits per heavy atom. The van der Waals surface area contributed by atoms with Gasteiger partial charge in [-0.05, 0) is 30.3 Å². The van der Waals surface area contributed by atoms with Crippen molar-refractivity contribution >= 4 is 21.6 Å². The van der Waals surface area contributed by atoms with Crippen LogP contribution in [-0.4, -0.2) is 26.3 Å². The van der Waals surface area contributed by atoms with E-state index >= 15 is 0 Å². The molecule has 1 aliphatic rings. The van der Waals surface area contributed by atoms with E-state index in [0.29, 0.717) is 48.9 Å². The lowest BCUT2D eigenvalue weighted by atomic mass is 10.1. The maximum absolute atomic E-state index is 9.29. The van der Waals surface area contributed by atoms with Crippen LogP contribution in [0.2, 0.25) is 0 Å². The van der Waals surface area contributed by atoms with E-state index in [4.69, 9.17) is 9.47 Å². The predicted molar refractivity (Wildman–Crippen MR) is 93.1 cm³/mol. The standard InChI is InChI=1S/C18H14BrN3O2/c19-15-1-3-16(4-2-15)24-18-10-14(12-21)13(11-20)9-17(18)22-5-7-23-8-6-22/h1-4,9-10H,5-8H2. The van der Waals surface area contributed by atoms with Gasteiger partial charge in [0.05, 0.1) is 30.0 Å². The molecule has 0 saturated carbocycles. The van der Waals surface area contributed by atoms with Gasteiger partial charge in [-0.25, -0.2) is 0 Å². The van der Waals surface area contributed by atoms with E-state index in [9.17, 15) is 10.5 Å². The number of benzene rings is 2. The van der Waals surface area contributed by atoms with Crippen LogP contribution in [0.3, 0.4) is 0 Å². The molecule has 120 valence electrons. The van der Waals surface area contributed by atoms with Gasteiger partial charge in [-0.3, -0.25) is 0 Å². The Bertz CT molecular complexity index is 816. The molecule has 1 aliphatic heterocycles. The van der Waals surface area contributed by atoms with Gasteiger partial charge in [0.2, 0.25) is 0 Å². The van der Waals surface area contributed by atoms with Crippen molar-refractivity contribution in [1.29, 1.82) is 10.5 Å². The SMILES string of the molecule is N#Cc1cc(Oc2ccc(Br)cc2)c(N2CCOCC2)cc1C#N. The molecule has 0 atom stereocenters. The van der Waals surface area contributed by atoms with E-state index < -0.39 is 0 Å². The van der Waals surface area contributed by atoms with Crippen molar-refractivity contribution < 1.29 is 9.47 Å². The summed E-state index contributed by atoms with van der Waals surface area (Å²) < 4.78 is 12.3. The zero-order valence-corrected chi connectivity index (χ0v) is 14.4. The smallest absolute Gasteiger partial charge is 0.152 e. The van der Waals surface area contributed by atoms with E-state index in [0.717, 1.165) is 10.2 Å². The third-order valence-electron chi connectivity index (χ3n) is 3.73. The molecule has 1 saturated heterocycles. The largest absolute Gasteiger partial charge is 0.455 e. The van der Waals surface area contributed by atoms with E-state index in [-0.39, 0.29) is 0 Å². The van der Waals surface area contributed by atoms with Crippen LogP contribution < -0.4 is 9.64 Å². The maximum Gasteiger partial charge on any atom is 0.152 e. The summed E-state index contributed by atoms with van der Waals surface area (Å²) in [7, 11) is 0. The fourth-order valence-electron chi connectivity index (χ4n) is 2.52. The molecule has 0 spiro atoms. The van der Waals surface area contributed by atoms with Gasteiger partial charge in [-0.1, -0.05) is 15.9 Å². The monoisotopic (exact) mass is 383 g/mol. The lowest BCUT2D eigenvalue weighted by Crippen LogP contribution is -2.36. The molecule has 0 bridgehead atoms. The molecule has 0 radical (unpaired) electrons. The Morgan fingerprint density at radius 2 is 1.62 bits per heavy atom. The van der Waals surface area contributed by atoms with Crippen molar-refractivity contribution in [2.24, 2.45) is 0 Å². The summed E-state index contributed by atoms with van der Waals surface area (Å²) >= 11 is 3.39. The van der Waals surface area contributed by atoms with Crippen LogP contribution >= 0.6 is 15.9 Å². The number of rotatable bonds is 3. The minimum absolute atomic E-state index is 0.307. The second-order valence-corrected chi connectivity index (χ2v) is 6.16. The lowest BCUT2D eigenvalue weighted by Gasteiger charge is -2.30. The number of nitrogens with zero attached hydrogens (tertiary/aromatic N) is 3. The third-order valence-corrected chi connectivity index (χ3v) is 4.26. The Labute approximate surface area is 148 Å². The Kier molecular flexibility index (Phi) is 5.00. The molecule has 0 N–H and O–H groups in total. The molecular weight excluding hydrogens is 370 g/mol. The summed E-state index contributed by atoms with van der Waals surface area (Å²) in [4.78, 5) is 2.11. The van der Waals surface area contributed by atoms with Crippen molar-refractivity contribution in [1.82, 2.24) is 0 Å². The normalized spacial score (nSPS) is 13.9. The van der Waals surface area contributed by atoms with Gasteiger partial charge < -0.3 is 14.4 Å². The maximum atomic E-state index is 9.29.